The first-order valence-electron chi connectivity index (χ1n) is 25.9. The second-order valence-electron chi connectivity index (χ2n) is 21.1. The van der Waals surface area contributed by atoms with Gasteiger partial charge in [0.2, 0.25) is 17.6 Å². The first kappa shape index (κ1) is 52.0. The zero-order valence-electron chi connectivity index (χ0n) is 43.0. The molecular weight excluding hydrogens is 949 g/mol. The lowest BCUT2D eigenvalue weighted by Crippen LogP contribution is -2.50. The molecule has 2 fully saturated rings. The molecule has 5 atom stereocenters. The normalized spacial score (nSPS) is 27.4. The van der Waals surface area contributed by atoms with Gasteiger partial charge in [-0.2, -0.15) is 0 Å². The van der Waals surface area contributed by atoms with E-state index in [1.165, 1.54) is 20.1 Å². The van der Waals surface area contributed by atoms with Gasteiger partial charge in [0.05, 0.1) is 52.0 Å². The number of aliphatic imine (C=N–C) groups is 1. The third-order valence-electron chi connectivity index (χ3n) is 14.9. The number of aliphatic hydroxyl groups excluding tert-OH is 2. The molecule has 2 amide bonds. The lowest BCUT2D eigenvalue weighted by atomic mass is 9.82. The molecule has 2 aromatic carbocycles. The van der Waals surface area contributed by atoms with E-state index in [4.69, 9.17) is 24.2 Å². The molecule has 2 saturated heterocycles. The van der Waals surface area contributed by atoms with Crippen molar-refractivity contribution in [3.05, 3.63) is 94.1 Å². The summed E-state index contributed by atoms with van der Waals surface area (Å²) in [5, 5.41) is 40.7. The summed E-state index contributed by atoms with van der Waals surface area (Å²) in [6, 6.07) is 7.75. The number of fused-ring (bicyclic) bond motifs is 14. The minimum absolute atomic E-state index is 0.0171. The van der Waals surface area contributed by atoms with Crippen LogP contribution in [0.1, 0.15) is 118 Å². The number of aliphatic hydroxyl groups is 2. The quantitative estimate of drug-likeness (QED) is 0.137. The molecular formula is C55H68N8O11. The number of phenols is 1. The maximum absolute atomic E-state index is 14.8. The molecule has 19 heteroatoms. The van der Waals surface area contributed by atoms with Crippen molar-refractivity contribution in [1.29, 1.82) is 0 Å². The Morgan fingerprint density at radius 3 is 2.50 bits per heavy atom. The van der Waals surface area contributed by atoms with Crippen LogP contribution in [0, 0.1) is 18.8 Å². The predicted molar refractivity (Wildman–Crippen MR) is 275 cm³/mol. The van der Waals surface area contributed by atoms with Crippen molar-refractivity contribution in [3.8, 4) is 11.5 Å². The zero-order valence-corrected chi connectivity index (χ0v) is 43.0. The van der Waals surface area contributed by atoms with Gasteiger partial charge in [0.25, 0.3) is 11.7 Å². The number of aromatic nitrogens is 2. The first-order chi connectivity index (χ1) is 35.3. The fraction of sp³-hybridized carbons (Fsp3) is 0.509. The van der Waals surface area contributed by atoms with Crippen LogP contribution in [0.15, 0.2) is 76.8 Å². The number of H-pyrrole nitrogens is 1. The van der Waals surface area contributed by atoms with E-state index >= 15 is 0 Å². The molecule has 1 aliphatic carbocycles. The maximum Gasteiger partial charge on any atom is 0.315 e. The SMILES string of the molecule is C/C1=C/C=C/C(C)[C@H](O)CC(O)C[C@H](OC(=O)CC(=O)N2CCCN(c3nc4ccccc4[nH]3)CC2)CC/C=C/OC2(C)Oc3c(C)c(O)c4c(c3C2=O)C2=NC3(CCN(CC(C)C)CC3)NC2=C(NC1=O)C4=O. The minimum atomic E-state index is -1.95. The molecule has 0 saturated carbocycles. The zero-order chi connectivity index (χ0) is 52.6. The second-order valence-corrected chi connectivity index (χ2v) is 21.1. The van der Waals surface area contributed by atoms with Gasteiger partial charge >= 0.3 is 11.8 Å². The van der Waals surface area contributed by atoms with E-state index < -0.39 is 71.3 Å². The van der Waals surface area contributed by atoms with E-state index in [-0.39, 0.29) is 82.3 Å². The monoisotopic (exact) mass is 1020 g/mol. The number of rotatable bonds is 6. The smallest absolute Gasteiger partial charge is 0.315 e. The molecule has 394 valence electrons. The summed E-state index contributed by atoms with van der Waals surface area (Å²) >= 11 is 0. The van der Waals surface area contributed by atoms with Crippen LogP contribution in [-0.2, 0) is 23.9 Å². The van der Waals surface area contributed by atoms with Crippen LogP contribution in [0.5, 0.6) is 11.5 Å². The number of para-hydroxylation sites is 2. The Morgan fingerprint density at radius 2 is 1.74 bits per heavy atom. The van der Waals surface area contributed by atoms with Gasteiger partial charge in [0, 0.05) is 94.6 Å². The highest BCUT2D eigenvalue weighted by Crippen LogP contribution is 2.50. The topological polar surface area (TPSA) is 249 Å². The van der Waals surface area contributed by atoms with Crippen LogP contribution in [0.2, 0.25) is 0 Å². The van der Waals surface area contributed by atoms with Crippen molar-refractivity contribution >= 4 is 52.0 Å². The molecule has 10 rings (SSSR count). The number of Topliss-reactive ketones (excluding diaryl/α,β-unsaturated/α-hetero) is 2. The van der Waals surface area contributed by atoms with E-state index in [1.54, 1.807) is 43.1 Å². The number of imidazole rings is 1. The van der Waals surface area contributed by atoms with Gasteiger partial charge in [-0.25, -0.2) is 4.98 Å². The third-order valence-corrected chi connectivity index (χ3v) is 14.9. The van der Waals surface area contributed by atoms with E-state index in [1.807, 2.05) is 24.3 Å². The Balaban J connectivity index is 0.956. The lowest BCUT2D eigenvalue weighted by molar-refractivity contribution is -0.154. The number of carbonyl (C=O) groups is 5. The molecule has 3 aromatic rings. The average molecular weight is 1020 g/mol. The maximum atomic E-state index is 14.8. The standard InChI is InChI=1S/C55H68N8O11/c1-31(2)30-61-22-18-55(19-23-61)59-45-42-43-48(68)34(5)50-44(42)51(70)54(6,74-50)72-26-10-9-15-36(27-35(64)28-39(65)32(3)13-11-14-33(4)52(71)58-47(49(43)69)46(45)60-55)73-41(67)29-40(66)62-20-12-21-63(25-24-62)53-56-37-16-7-8-17-38(37)57-53/h7-8,10-11,13-14,16-17,26,31-32,35-36,39,60,64-65,68H,9,12,15,18-25,27-30H2,1-6H3,(H,56,57)(H,58,71)/b13-11+,26-10+,33-14-/t32?,35?,36-,39-,54?/m1/s1. The summed E-state index contributed by atoms with van der Waals surface area (Å²) in [5.74, 6) is -4.73. The number of esters is 1. The van der Waals surface area contributed by atoms with Crippen LogP contribution >= 0.6 is 0 Å². The van der Waals surface area contributed by atoms with Gasteiger partial charge in [-0.05, 0) is 63.7 Å². The largest absolute Gasteiger partial charge is 0.507 e. The summed E-state index contributed by atoms with van der Waals surface area (Å²) in [7, 11) is 0. The Morgan fingerprint density at radius 1 is 0.973 bits per heavy atom. The highest BCUT2D eigenvalue weighted by molar-refractivity contribution is 6.34. The van der Waals surface area contributed by atoms with E-state index in [0.717, 1.165) is 23.5 Å². The summed E-state index contributed by atoms with van der Waals surface area (Å²) in [4.78, 5) is 89.9. The molecule has 7 aliphatic rings. The second kappa shape index (κ2) is 21.2. The Labute approximate surface area is 430 Å². The van der Waals surface area contributed by atoms with Crippen LogP contribution in [0.4, 0.5) is 5.95 Å². The van der Waals surface area contributed by atoms with Crippen LogP contribution in [0.25, 0.3) is 11.0 Å². The van der Waals surface area contributed by atoms with Crippen molar-refractivity contribution in [3.63, 3.8) is 0 Å². The number of likely N-dealkylation sites (tertiary alicyclic amines) is 1. The first-order valence-corrected chi connectivity index (χ1v) is 25.9. The van der Waals surface area contributed by atoms with Gasteiger partial charge < -0.3 is 59.8 Å². The summed E-state index contributed by atoms with van der Waals surface area (Å²) in [6.07, 6.45) is 6.32. The van der Waals surface area contributed by atoms with E-state index in [9.17, 15) is 39.3 Å². The summed E-state index contributed by atoms with van der Waals surface area (Å²) < 4.78 is 18.3. The third kappa shape index (κ3) is 10.6. The number of phenolic OH excluding ortho intramolecular Hbond substituents is 1. The fourth-order valence-corrected chi connectivity index (χ4v) is 10.7. The van der Waals surface area contributed by atoms with Gasteiger partial charge in [0.15, 0.2) is 0 Å². The van der Waals surface area contributed by atoms with E-state index in [0.29, 0.717) is 64.4 Å². The highest BCUT2D eigenvalue weighted by Gasteiger charge is 2.54. The number of carbonyl (C=O) groups excluding carboxylic acids is 5. The molecule has 3 unspecified atom stereocenters. The Bertz CT molecular complexity index is 2860. The molecule has 1 aromatic heterocycles. The van der Waals surface area contributed by atoms with Crippen molar-refractivity contribution in [2.45, 2.75) is 123 Å². The van der Waals surface area contributed by atoms with Gasteiger partial charge in [0.1, 0.15) is 35.4 Å². The number of nitrogens with zero attached hydrogens (tertiary/aromatic N) is 5. The summed E-state index contributed by atoms with van der Waals surface area (Å²) in [6.45, 7) is 15.0. The number of allylic oxidation sites excluding steroid dienone is 5. The number of aromatic hydroxyl groups is 1. The van der Waals surface area contributed by atoms with Gasteiger partial charge in [-0.1, -0.05) is 51.1 Å². The lowest BCUT2D eigenvalue weighted by Gasteiger charge is -2.38. The predicted octanol–water partition coefficient (Wildman–Crippen LogP) is 5.24. The number of anilines is 1. The molecule has 1 spiro atoms. The number of nitrogens with one attached hydrogen (secondary N) is 3. The van der Waals surface area contributed by atoms with Crippen LogP contribution in [-0.4, -0.2) is 146 Å². The molecule has 74 heavy (non-hydrogen) atoms. The van der Waals surface area contributed by atoms with Crippen LogP contribution < -0.4 is 20.3 Å². The molecule has 6 aliphatic heterocycles. The number of hydrogen-bond donors (Lipinski definition) is 6. The summed E-state index contributed by atoms with van der Waals surface area (Å²) in [5.41, 5.74) is 1.54. The molecule has 7 heterocycles. The van der Waals surface area contributed by atoms with Gasteiger partial charge in [-0.15, -0.1) is 0 Å². The number of ether oxygens (including phenoxy) is 3. The number of benzene rings is 2. The number of aromatic amines is 1. The molecule has 6 N–H and O–H groups in total. The highest BCUT2D eigenvalue weighted by atomic mass is 16.7. The average Bonchev–Trinajstić information content (AvgIpc) is 3.96. The van der Waals surface area contributed by atoms with Crippen LogP contribution in [0.3, 0.4) is 0 Å². The molecule has 0 radical (unpaired) electrons. The number of hydrogen-bond acceptors (Lipinski definition) is 16. The van der Waals surface area contributed by atoms with Crippen molar-refractivity contribution in [2.75, 3.05) is 50.7 Å². The number of ketones is 2. The van der Waals surface area contributed by atoms with E-state index in [2.05, 4.69) is 39.3 Å². The number of piperidine rings is 1. The molecule has 19 nitrogen and oxygen atoms in total. The number of amides is 2. The van der Waals surface area contributed by atoms with Crippen molar-refractivity contribution in [1.82, 2.24) is 30.4 Å². The fourth-order valence-electron chi connectivity index (χ4n) is 10.7. The minimum Gasteiger partial charge on any atom is -0.507 e. The van der Waals surface area contributed by atoms with Crippen molar-refractivity contribution < 1.29 is 53.5 Å². The Hall–Kier alpha value is -6.83. The molecule has 5 bridgehead atoms. The van der Waals surface area contributed by atoms with Crippen molar-refractivity contribution in [2.24, 2.45) is 16.8 Å². The Kier molecular flexibility index (Phi) is 14.9. The van der Waals surface area contributed by atoms with Gasteiger partial charge in [-0.3, -0.25) is 29.0 Å².